The Balaban J connectivity index is 2.14. The molecule has 0 amide bonds. The number of aryl methyl sites for hydroxylation is 1. The van der Waals surface area contributed by atoms with Gasteiger partial charge in [-0.25, -0.2) is 0 Å². The highest BCUT2D eigenvalue weighted by atomic mass is 127. The molecule has 2 rings (SSSR count). The van der Waals surface area contributed by atoms with Crippen molar-refractivity contribution in [2.45, 2.75) is 13.5 Å². The zero-order valence-electron chi connectivity index (χ0n) is 6.94. The maximum Gasteiger partial charge on any atom is 0.223 e. The lowest BCUT2D eigenvalue weighted by molar-refractivity contribution is 0.385. The van der Waals surface area contributed by atoms with Gasteiger partial charge in [0.2, 0.25) is 5.89 Å². The molecule has 68 valence electrons. The number of halogens is 1. The van der Waals surface area contributed by atoms with Crippen molar-refractivity contribution in [3.8, 4) is 0 Å². The third kappa shape index (κ3) is 2.06. The van der Waals surface area contributed by atoms with E-state index in [1.54, 1.807) is 17.8 Å². The normalized spacial score (nSPS) is 10.6. The first-order chi connectivity index (χ1) is 6.24. The summed E-state index contributed by atoms with van der Waals surface area (Å²) in [6.07, 6.45) is 3.71. The predicted octanol–water partition coefficient (Wildman–Crippen LogP) is 1.23. The van der Waals surface area contributed by atoms with Gasteiger partial charge in [-0.15, -0.1) is 0 Å². The lowest BCUT2D eigenvalue weighted by atomic mass is 10.6. The molecule has 0 N–H and O–H groups in total. The van der Waals surface area contributed by atoms with Crippen molar-refractivity contribution in [1.29, 1.82) is 0 Å². The van der Waals surface area contributed by atoms with Gasteiger partial charge in [-0.05, 0) is 22.6 Å². The van der Waals surface area contributed by atoms with E-state index in [1.165, 1.54) is 0 Å². The summed E-state index contributed by atoms with van der Waals surface area (Å²) in [6, 6.07) is 0. The van der Waals surface area contributed by atoms with Gasteiger partial charge in [0.25, 0.3) is 0 Å². The first-order valence-corrected chi connectivity index (χ1v) is 4.79. The molecule has 13 heavy (non-hydrogen) atoms. The Kier molecular flexibility index (Phi) is 2.30. The number of aromatic nitrogens is 4. The lowest BCUT2D eigenvalue weighted by Gasteiger charge is -1.92. The Morgan fingerprint density at radius 1 is 1.62 bits per heavy atom. The number of hydrogen-bond acceptors (Lipinski definition) is 4. The summed E-state index contributed by atoms with van der Waals surface area (Å²) >= 11 is 2.20. The van der Waals surface area contributed by atoms with Gasteiger partial charge in [0.15, 0.2) is 5.82 Å². The van der Waals surface area contributed by atoms with Crippen molar-refractivity contribution in [2.75, 3.05) is 0 Å². The molecule has 5 nitrogen and oxygen atoms in total. The summed E-state index contributed by atoms with van der Waals surface area (Å²) < 4.78 is 7.70. The van der Waals surface area contributed by atoms with E-state index in [0.717, 1.165) is 3.57 Å². The van der Waals surface area contributed by atoms with Crippen LogP contribution in [0.1, 0.15) is 11.7 Å². The first kappa shape index (κ1) is 8.67. The molecule has 0 aliphatic rings. The van der Waals surface area contributed by atoms with E-state index in [2.05, 4.69) is 37.8 Å². The minimum atomic E-state index is 0.556. The molecule has 0 saturated carbocycles. The van der Waals surface area contributed by atoms with Crippen LogP contribution in [0.3, 0.4) is 0 Å². The molecular formula is C7H7IN4O. The van der Waals surface area contributed by atoms with Gasteiger partial charge in [-0.1, -0.05) is 5.16 Å². The molecule has 0 atom stereocenters. The molecule has 0 fully saturated rings. The number of hydrogen-bond donors (Lipinski definition) is 0. The second-order valence-electron chi connectivity index (χ2n) is 2.59. The van der Waals surface area contributed by atoms with E-state index in [-0.39, 0.29) is 0 Å². The second-order valence-corrected chi connectivity index (χ2v) is 3.83. The molecule has 2 aromatic heterocycles. The van der Waals surface area contributed by atoms with Crippen molar-refractivity contribution in [1.82, 2.24) is 19.9 Å². The van der Waals surface area contributed by atoms with Crippen LogP contribution in [0.5, 0.6) is 0 Å². The van der Waals surface area contributed by atoms with Crippen LogP contribution in [0.25, 0.3) is 0 Å². The van der Waals surface area contributed by atoms with Crippen molar-refractivity contribution in [2.24, 2.45) is 0 Å². The van der Waals surface area contributed by atoms with Crippen LogP contribution in [0, 0.1) is 10.5 Å². The fourth-order valence-electron chi connectivity index (χ4n) is 0.975. The average molecular weight is 290 g/mol. The molecule has 0 bridgehead atoms. The average Bonchev–Trinajstić information content (AvgIpc) is 2.62. The van der Waals surface area contributed by atoms with Crippen LogP contribution >= 0.6 is 22.6 Å². The molecule has 0 spiro atoms. The smallest absolute Gasteiger partial charge is 0.223 e. The van der Waals surface area contributed by atoms with Crippen molar-refractivity contribution in [3.05, 3.63) is 27.7 Å². The highest BCUT2D eigenvalue weighted by Crippen LogP contribution is 2.03. The molecule has 0 aromatic carbocycles. The zero-order valence-corrected chi connectivity index (χ0v) is 9.09. The molecule has 2 aromatic rings. The van der Waals surface area contributed by atoms with Crippen LogP contribution in [0.4, 0.5) is 0 Å². The summed E-state index contributed by atoms with van der Waals surface area (Å²) in [6.45, 7) is 2.32. The maximum atomic E-state index is 4.84. The van der Waals surface area contributed by atoms with Crippen molar-refractivity contribution >= 4 is 22.6 Å². The van der Waals surface area contributed by atoms with Crippen LogP contribution in [0.15, 0.2) is 16.9 Å². The van der Waals surface area contributed by atoms with E-state index in [4.69, 9.17) is 4.52 Å². The molecule has 6 heteroatoms. The SMILES string of the molecule is Cc1nc(Cn2cc(I)cn2)no1. The third-order valence-electron chi connectivity index (χ3n) is 1.47. The minimum absolute atomic E-state index is 0.556. The van der Waals surface area contributed by atoms with Gasteiger partial charge in [0, 0.05) is 13.1 Å². The van der Waals surface area contributed by atoms with Gasteiger partial charge in [0.1, 0.15) is 6.54 Å². The van der Waals surface area contributed by atoms with Crippen molar-refractivity contribution < 1.29 is 4.52 Å². The van der Waals surface area contributed by atoms with E-state index < -0.39 is 0 Å². The minimum Gasteiger partial charge on any atom is -0.340 e. The molecule has 2 heterocycles. The Morgan fingerprint density at radius 2 is 2.46 bits per heavy atom. The Labute approximate surface area is 88.3 Å². The van der Waals surface area contributed by atoms with Gasteiger partial charge in [-0.2, -0.15) is 10.1 Å². The largest absolute Gasteiger partial charge is 0.340 e. The van der Waals surface area contributed by atoms with E-state index in [1.807, 2.05) is 6.20 Å². The van der Waals surface area contributed by atoms with Gasteiger partial charge < -0.3 is 4.52 Å². The lowest BCUT2D eigenvalue weighted by Crippen LogP contribution is -2.01. The quantitative estimate of drug-likeness (QED) is 0.781. The van der Waals surface area contributed by atoms with Crippen LogP contribution < -0.4 is 0 Å². The molecule has 0 aliphatic carbocycles. The molecule has 0 aliphatic heterocycles. The monoisotopic (exact) mass is 290 g/mol. The molecule has 0 saturated heterocycles. The van der Waals surface area contributed by atoms with E-state index in [9.17, 15) is 0 Å². The van der Waals surface area contributed by atoms with Gasteiger partial charge in [0.05, 0.1) is 9.77 Å². The highest BCUT2D eigenvalue weighted by Gasteiger charge is 2.03. The summed E-state index contributed by atoms with van der Waals surface area (Å²) in [4.78, 5) is 4.07. The summed E-state index contributed by atoms with van der Waals surface area (Å²) in [5.74, 6) is 1.23. The first-order valence-electron chi connectivity index (χ1n) is 3.71. The zero-order chi connectivity index (χ0) is 9.26. The third-order valence-corrected chi connectivity index (χ3v) is 2.03. The van der Waals surface area contributed by atoms with Crippen LogP contribution in [0.2, 0.25) is 0 Å². The summed E-state index contributed by atoms with van der Waals surface area (Å²) in [7, 11) is 0. The summed E-state index contributed by atoms with van der Waals surface area (Å²) in [5, 5.41) is 7.88. The molecular weight excluding hydrogens is 283 g/mol. The van der Waals surface area contributed by atoms with Crippen LogP contribution in [-0.4, -0.2) is 19.9 Å². The van der Waals surface area contributed by atoms with Gasteiger partial charge >= 0.3 is 0 Å². The van der Waals surface area contributed by atoms with Crippen molar-refractivity contribution in [3.63, 3.8) is 0 Å². The standard InChI is InChI=1S/C7H7IN4O/c1-5-10-7(11-13-5)4-12-3-6(8)2-9-12/h2-3H,4H2,1H3. The van der Waals surface area contributed by atoms with E-state index in [0.29, 0.717) is 18.3 Å². The fraction of sp³-hybridized carbons (Fsp3) is 0.286. The number of nitrogens with zero attached hydrogens (tertiary/aromatic N) is 4. The van der Waals surface area contributed by atoms with Crippen LogP contribution in [-0.2, 0) is 6.54 Å². The molecule has 0 unspecified atom stereocenters. The maximum absolute atomic E-state index is 4.84. The fourth-order valence-corrected chi connectivity index (χ4v) is 1.42. The molecule has 0 radical (unpaired) electrons. The van der Waals surface area contributed by atoms with Gasteiger partial charge in [-0.3, -0.25) is 4.68 Å². The Hall–Kier alpha value is -0.920. The van der Waals surface area contributed by atoms with E-state index >= 15 is 0 Å². The summed E-state index contributed by atoms with van der Waals surface area (Å²) in [5.41, 5.74) is 0. The highest BCUT2D eigenvalue weighted by molar-refractivity contribution is 14.1. The Morgan fingerprint density at radius 3 is 3.00 bits per heavy atom. The second kappa shape index (κ2) is 3.44. The Bertz CT molecular complexity index is 370. The topological polar surface area (TPSA) is 56.7 Å². The predicted molar refractivity (Wildman–Crippen MR) is 53.1 cm³/mol. The number of rotatable bonds is 2.